The molecule has 0 amide bonds. The van der Waals surface area contributed by atoms with Crippen LogP contribution in [-0.2, 0) is 11.5 Å². The predicted octanol–water partition coefficient (Wildman–Crippen LogP) is 1.69. The number of hydrogen-bond donors (Lipinski definition) is 1. The summed E-state index contributed by atoms with van der Waals surface area (Å²) in [4.78, 5) is 4.36. The molecule has 0 saturated carbocycles. The summed E-state index contributed by atoms with van der Waals surface area (Å²) in [5.41, 5.74) is 1.86. The number of aliphatic hydroxyl groups excluding tert-OH is 1. The topological polar surface area (TPSA) is 47.3 Å². The number of aliphatic hydroxyl groups is 1. The summed E-state index contributed by atoms with van der Waals surface area (Å²) >= 11 is 0. The number of nitrogens with zero attached hydrogens (tertiary/aromatic N) is 2. The van der Waals surface area contributed by atoms with E-state index in [4.69, 9.17) is 4.74 Å². The third-order valence-electron chi connectivity index (χ3n) is 2.32. The van der Waals surface area contributed by atoms with Gasteiger partial charge in [0.2, 0.25) is 0 Å². The third kappa shape index (κ3) is 1.73. The molecular formula is C11H14N2O2. The molecule has 0 aliphatic rings. The largest absolute Gasteiger partial charge is 0.385 e. The van der Waals surface area contributed by atoms with Gasteiger partial charge >= 0.3 is 0 Å². The molecule has 0 spiro atoms. The van der Waals surface area contributed by atoms with Gasteiger partial charge in [-0.25, -0.2) is 4.98 Å². The Labute approximate surface area is 88.1 Å². The lowest BCUT2D eigenvalue weighted by Crippen LogP contribution is -2.07. The van der Waals surface area contributed by atoms with Gasteiger partial charge in [0.15, 0.2) is 0 Å². The molecule has 80 valence electrons. The zero-order chi connectivity index (χ0) is 10.8. The zero-order valence-electron chi connectivity index (χ0n) is 8.84. The molecule has 2 aromatic rings. The van der Waals surface area contributed by atoms with E-state index in [0.29, 0.717) is 12.6 Å². The van der Waals surface area contributed by atoms with E-state index in [2.05, 4.69) is 4.98 Å². The maximum atomic E-state index is 9.59. The van der Waals surface area contributed by atoms with Crippen LogP contribution < -0.4 is 0 Å². The van der Waals surface area contributed by atoms with E-state index < -0.39 is 6.10 Å². The smallest absolute Gasteiger partial charge is 0.140 e. The van der Waals surface area contributed by atoms with Crippen molar-refractivity contribution in [2.75, 3.05) is 7.11 Å². The van der Waals surface area contributed by atoms with Crippen LogP contribution in [0.1, 0.15) is 18.9 Å². The highest BCUT2D eigenvalue weighted by molar-refractivity contribution is 5.75. The minimum Gasteiger partial charge on any atom is -0.385 e. The van der Waals surface area contributed by atoms with Gasteiger partial charge in [-0.3, -0.25) is 0 Å². The quantitative estimate of drug-likeness (QED) is 0.831. The lowest BCUT2D eigenvalue weighted by Gasteiger charge is -2.09. The fourth-order valence-electron chi connectivity index (χ4n) is 1.68. The molecule has 15 heavy (non-hydrogen) atoms. The number of para-hydroxylation sites is 2. The van der Waals surface area contributed by atoms with E-state index in [1.807, 2.05) is 28.8 Å². The van der Waals surface area contributed by atoms with Gasteiger partial charge in [0.25, 0.3) is 0 Å². The second-order valence-corrected chi connectivity index (χ2v) is 3.48. The molecule has 0 radical (unpaired) electrons. The van der Waals surface area contributed by atoms with Crippen LogP contribution in [0.4, 0.5) is 0 Å². The Morgan fingerprint density at radius 1 is 1.47 bits per heavy atom. The summed E-state index contributed by atoms with van der Waals surface area (Å²) in [6, 6.07) is 7.76. The van der Waals surface area contributed by atoms with Crippen molar-refractivity contribution in [3.05, 3.63) is 30.1 Å². The van der Waals surface area contributed by atoms with Crippen molar-refractivity contribution in [1.82, 2.24) is 9.55 Å². The summed E-state index contributed by atoms with van der Waals surface area (Å²) in [5.74, 6) is 0.637. The first-order chi connectivity index (χ1) is 7.24. The Hall–Kier alpha value is -1.39. The number of rotatable bonds is 3. The molecule has 1 aromatic carbocycles. The van der Waals surface area contributed by atoms with Gasteiger partial charge in [-0.05, 0) is 19.1 Å². The van der Waals surface area contributed by atoms with Gasteiger partial charge in [0.05, 0.1) is 11.0 Å². The van der Waals surface area contributed by atoms with Crippen LogP contribution in [0, 0.1) is 0 Å². The number of methoxy groups -OCH3 is 1. The van der Waals surface area contributed by atoms with Gasteiger partial charge in [0, 0.05) is 7.11 Å². The minimum absolute atomic E-state index is 0.404. The van der Waals surface area contributed by atoms with E-state index in [9.17, 15) is 5.11 Å². The molecule has 1 heterocycles. The first-order valence-corrected chi connectivity index (χ1v) is 4.86. The Morgan fingerprint density at radius 2 is 2.20 bits per heavy atom. The molecule has 4 nitrogen and oxygen atoms in total. The highest BCUT2D eigenvalue weighted by Crippen LogP contribution is 2.20. The summed E-state index contributed by atoms with van der Waals surface area (Å²) in [5, 5.41) is 9.59. The Balaban J connectivity index is 2.63. The monoisotopic (exact) mass is 206 g/mol. The van der Waals surface area contributed by atoms with E-state index >= 15 is 0 Å². The molecule has 0 saturated heterocycles. The highest BCUT2D eigenvalue weighted by atomic mass is 16.5. The third-order valence-corrected chi connectivity index (χ3v) is 2.32. The van der Waals surface area contributed by atoms with Crippen molar-refractivity contribution in [2.45, 2.75) is 19.8 Å². The fraction of sp³-hybridized carbons (Fsp3) is 0.364. The van der Waals surface area contributed by atoms with Crippen LogP contribution in [0.3, 0.4) is 0 Å². The first-order valence-electron chi connectivity index (χ1n) is 4.86. The molecule has 0 bridgehead atoms. The number of imidazole rings is 1. The Bertz CT molecular complexity index is 463. The molecule has 0 aliphatic carbocycles. The van der Waals surface area contributed by atoms with Crippen molar-refractivity contribution < 1.29 is 9.84 Å². The number of fused-ring (bicyclic) bond motifs is 1. The normalized spacial score (nSPS) is 13.3. The van der Waals surface area contributed by atoms with Crippen molar-refractivity contribution in [3.8, 4) is 0 Å². The lowest BCUT2D eigenvalue weighted by molar-refractivity contribution is 0.116. The summed E-state index contributed by atoms with van der Waals surface area (Å²) in [7, 11) is 1.63. The SMILES string of the molecule is COCn1c(C(C)O)nc2ccccc21. The van der Waals surface area contributed by atoms with E-state index in [1.54, 1.807) is 14.0 Å². The maximum absolute atomic E-state index is 9.59. The first kappa shape index (κ1) is 10.1. The molecule has 1 N–H and O–H groups in total. The Morgan fingerprint density at radius 3 is 2.87 bits per heavy atom. The molecular weight excluding hydrogens is 192 g/mol. The van der Waals surface area contributed by atoms with Gasteiger partial charge in [-0.15, -0.1) is 0 Å². The van der Waals surface area contributed by atoms with Crippen molar-refractivity contribution in [1.29, 1.82) is 0 Å². The molecule has 0 fully saturated rings. The standard InChI is InChI=1S/C11H14N2O2/c1-8(14)11-12-9-5-3-4-6-10(9)13(11)7-15-2/h3-6,8,14H,7H2,1-2H3. The van der Waals surface area contributed by atoms with Gasteiger partial charge in [-0.1, -0.05) is 12.1 Å². The van der Waals surface area contributed by atoms with Crippen LogP contribution in [0.5, 0.6) is 0 Å². The van der Waals surface area contributed by atoms with Crippen molar-refractivity contribution >= 4 is 11.0 Å². The van der Waals surface area contributed by atoms with Crippen LogP contribution in [0.2, 0.25) is 0 Å². The lowest BCUT2D eigenvalue weighted by atomic mass is 10.3. The van der Waals surface area contributed by atoms with Crippen LogP contribution in [0.25, 0.3) is 11.0 Å². The number of aromatic nitrogens is 2. The number of ether oxygens (including phenoxy) is 1. The molecule has 1 unspecified atom stereocenters. The number of benzene rings is 1. The van der Waals surface area contributed by atoms with Crippen LogP contribution in [-0.4, -0.2) is 21.8 Å². The molecule has 0 aliphatic heterocycles. The highest BCUT2D eigenvalue weighted by Gasteiger charge is 2.13. The van der Waals surface area contributed by atoms with Crippen molar-refractivity contribution in [3.63, 3.8) is 0 Å². The number of hydrogen-bond acceptors (Lipinski definition) is 3. The average Bonchev–Trinajstić information content (AvgIpc) is 2.58. The van der Waals surface area contributed by atoms with Crippen LogP contribution in [0.15, 0.2) is 24.3 Å². The molecule has 4 heteroatoms. The summed E-state index contributed by atoms with van der Waals surface area (Å²) in [6.45, 7) is 2.11. The fourth-order valence-corrected chi connectivity index (χ4v) is 1.68. The van der Waals surface area contributed by atoms with Gasteiger partial charge < -0.3 is 14.4 Å². The van der Waals surface area contributed by atoms with Crippen LogP contribution >= 0.6 is 0 Å². The average molecular weight is 206 g/mol. The van der Waals surface area contributed by atoms with Gasteiger partial charge in [0.1, 0.15) is 18.7 Å². The second kappa shape index (κ2) is 4.00. The van der Waals surface area contributed by atoms with Gasteiger partial charge in [-0.2, -0.15) is 0 Å². The van der Waals surface area contributed by atoms with E-state index in [0.717, 1.165) is 11.0 Å². The second-order valence-electron chi connectivity index (χ2n) is 3.48. The van der Waals surface area contributed by atoms with Crippen molar-refractivity contribution in [2.24, 2.45) is 0 Å². The zero-order valence-corrected chi connectivity index (χ0v) is 8.84. The summed E-state index contributed by atoms with van der Waals surface area (Å²) in [6.07, 6.45) is -0.590. The maximum Gasteiger partial charge on any atom is 0.140 e. The molecule has 1 aromatic heterocycles. The summed E-state index contributed by atoms with van der Waals surface area (Å²) < 4.78 is 6.97. The Kier molecular flexibility index (Phi) is 2.70. The molecule has 2 rings (SSSR count). The van der Waals surface area contributed by atoms with E-state index in [-0.39, 0.29) is 0 Å². The van der Waals surface area contributed by atoms with E-state index in [1.165, 1.54) is 0 Å². The molecule has 1 atom stereocenters. The predicted molar refractivity (Wildman–Crippen MR) is 57.4 cm³/mol. The minimum atomic E-state index is -0.590.